The molecule has 6 N–H and O–H groups in total. The van der Waals surface area contributed by atoms with Crippen LogP contribution in [-0.4, -0.2) is 15.4 Å². The van der Waals surface area contributed by atoms with E-state index in [1.807, 2.05) is 12.1 Å². The summed E-state index contributed by atoms with van der Waals surface area (Å²) in [5.74, 6) is 10.7. The van der Waals surface area contributed by atoms with Crippen LogP contribution >= 0.6 is 15.9 Å². The van der Waals surface area contributed by atoms with Crippen molar-refractivity contribution < 1.29 is 13.2 Å². The fourth-order valence-corrected chi connectivity index (χ4v) is 3.31. The number of benzene rings is 2. The molecule has 0 atom stereocenters. The van der Waals surface area contributed by atoms with Gasteiger partial charge in [-0.15, -0.1) is 0 Å². The Labute approximate surface area is 189 Å². The van der Waals surface area contributed by atoms with E-state index >= 15 is 0 Å². The fraction of sp³-hybridized carbons (Fsp3) is 0.150. The number of hydrogen-bond donors (Lipinski definition) is 4. The second-order valence-electron chi connectivity index (χ2n) is 6.65. The number of hydrazone groups is 1. The van der Waals surface area contributed by atoms with Crippen molar-refractivity contribution in [2.75, 3.05) is 5.32 Å². The number of nitrogens with zero attached hydrogens (tertiary/aromatic N) is 3. The summed E-state index contributed by atoms with van der Waals surface area (Å²) in [6, 6.07) is 10.7. The lowest BCUT2D eigenvalue weighted by Crippen LogP contribution is -2.31. The maximum Gasteiger partial charge on any atom is 0.418 e. The number of aryl methyl sites for hydroxylation is 1. The first kappa shape index (κ1) is 23.3. The summed E-state index contributed by atoms with van der Waals surface area (Å²) in [5.41, 5.74) is 2.10. The fourth-order valence-electron chi connectivity index (χ4n) is 2.95. The maximum atomic E-state index is 13.4. The molecule has 8 nitrogen and oxygen atoms in total. The molecular formula is C20H19BrF3N7O. The van der Waals surface area contributed by atoms with E-state index in [-0.39, 0.29) is 16.0 Å². The van der Waals surface area contributed by atoms with Crippen LogP contribution in [0.15, 0.2) is 69.2 Å². The van der Waals surface area contributed by atoms with Gasteiger partial charge in [0.25, 0.3) is 5.56 Å². The lowest BCUT2D eigenvalue weighted by atomic mass is 10.1. The highest BCUT2D eigenvalue weighted by Crippen LogP contribution is 2.37. The number of rotatable bonds is 6. The van der Waals surface area contributed by atoms with Gasteiger partial charge in [-0.25, -0.2) is 10.8 Å². The number of aromatic nitrogens is 2. The number of halogens is 4. The van der Waals surface area contributed by atoms with Gasteiger partial charge in [0.15, 0.2) is 5.82 Å². The third-order valence-electron chi connectivity index (χ3n) is 4.57. The predicted molar refractivity (Wildman–Crippen MR) is 120 cm³/mol. The molecule has 0 aliphatic heterocycles. The molecule has 12 heteroatoms. The molecule has 0 saturated heterocycles. The van der Waals surface area contributed by atoms with Gasteiger partial charge in [-0.05, 0) is 42.3 Å². The van der Waals surface area contributed by atoms with Crippen LogP contribution in [0.25, 0.3) is 5.69 Å². The molecule has 0 radical (unpaired) electrons. The molecule has 3 aromatic rings. The molecule has 0 amide bonds. The summed E-state index contributed by atoms with van der Waals surface area (Å²) in [6.07, 6.45) is -0.719. The van der Waals surface area contributed by atoms with Crippen molar-refractivity contribution in [2.45, 2.75) is 19.0 Å². The molecule has 168 valence electrons. The molecule has 0 bridgehead atoms. The minimum atomic E-state index is -4.61. The first-order valence-electron chi connectivity index (χ1n) is 9.27. The van der Waals surface area contributed by atoms with E-state index in [0.717, 1.165) is 11.6 Å². The summed E-state index contributed by atoms with van der Waals surface area (Å²) in [6.45, 7) is 0. The normalized spacial score (nSPS) is 12.0. The molecule has 0 aliphatic rings. The van der Waals surface area contributed by atoms with Crippen molar-refractivity contribution in [1.29, 1.82) is 0 Å². The van der Waals surface area contributed by atoms with Gasteiger partial charge in [0.2, 0.25) is 0 Å². The molecule has 0 aliphatic carbocycles. The number of amidine groups is 1. The summed E-state index contributed by atoms with van der Waals surface area (Å²) in [7, 11) is 0. The minimum Gasteiger partial charge on any atom is -0.335 e. The van der Waals surface area contributed by atoms with Gasteiger partial charge < -0.3 is 16.6 Å². The zero-order valence-corrected chi connectivity index (χ0v) is 18.1. The highest BCUT2D eigenvalue weighted by molar-refractivity contribution is 9.10. The summed E-state index contributed by atoms with van der Waals surface area (Å²) >= 11 is 3.03. The predicted octanol–water partition coefficient (Wildman–Crippen LogP) is 3.43. The Morgan fingerprint density at radius 2 is 1.91 bits per heavy atom. The van der Waals surface area contributed by atoms with Gasteiger partial charge in [-0.1, -0.05) is 28.1 Å². The van der Waals surface area contributed by atoms with E-state index in [1.165, 1.54) is 29.1 Å². The van der Waals surface area contributed by atoms with E-state index in [9.17, 15) is 18.0 Å². The van der Waals surface area contributed by atoms with Crippen LogP contribution in [0.5, 0.6) is 0 Å². The number of nitrogens with one attached hydrogen (secondary N) is 2. The van der Waals surface area contributed by atoms with Crippen molar-refractivity contribution in [3.63, 3.8) is 0 Å². The zero-order valence-electron chi connectivity index (χ0n) is 16.5. The highest BCUT2D eigenvalue weighted by atomic mass is 79.9. The quantitative estimate of drug-likeness (QED) is 0.175. The van der Waals surface area contributed by atoms with Crippen molar-refractivity contribution in [3.8, 4) is 5.69 Å². The number of hydrazine groups is 1. The van der Waals surface area contributed by atoms with Gasteiger partial charge in [0, 0.05) is 29.0 Å². The Bertz CT molecular complexity index is 1180. The van der Waals surface area contributed by atoms with Gasteiger partial charge in [0.1, 0.15) is 5.84 Å². The average molecular weight is 510 g/mol. The molecule has 2 aromatic carbocycles. The molecule has 32 heavy (non-hydrogen) atoms. The first-order valence-corrected chi connectivity index (χ1v) is 10.1. The van der Waals surface area contributed by atoms with Gasteiger partial charge >= 0.3 is 6.18 Å². The van der Waals surface area contributed by atoms with Crippen LogP contribution in [0.1, 0.15) is 17.5 Å². The smallest absolute Gasteiger partial charge is 0.335 e. The Balaban J connectivity index is 1.86. The maximum absolute atomic E-state index is 13.4. The lowest BCUT2D eigenvalue weighted by Gasteiger charge is -2.15. The number of alkyl halides is 3. The summed E-state index contributed by atoms with van der Waals surface area (Å²) < 4.78 is 41.7. The van der Waals surface area contributed by atoms with Crippen LogP contribution in [0, 0.1) is 0 Å². The average Bonchev–Trinajstić information content (AvgIpc) is 2.77. The van der Waals surface area contributed by atoms with Gasteiger partial charge in [-0.3, -0.25) is 9.36 Å². The SMILES string of the molecule is N/N=C(/CCc1ccc(-n2ccnc(Nc3ccc(Br)cc3C(F)(F)F)c2=O)cc1)NN. The lowest BCUT2D eigenvalue weighted by molar-refractivity contribution is -0.137. The Hall–Kier alpha value is -3.38. The van der Waals surface area contributed by atoms with E-state index < -0.39 is 17.3 Å². The number of hydrogen-bond acceptors (Lipinski definition) is 6. The van der Waals surface area contributed by atoms with E-state index in [4.69, 9.17) is 11.7 Å². The molecule has 1 aromatic heterocycles. The molecule has 0 spiro atoms. The topological polar surface area (TPSA) is 123 Å². The van der Waals surface area contributed by atoms with Crippen LogP contribution < -0.4 is 28.0 Å². The first-order chi connectivity index (χ1) is 15.2. The molecule has 0 unspecified atom stereocenters. The van der Waals surface area contributed by atoms with E-state index in [2.05, 4.69) is 36.8 Å². The van der Waals surface area contributed by atoms with Crippen LogP contribution in [-0.2, 0) is 12.6 Å². The zero-order chi connectivity index (χ0) is 23.3. The molecular weight excluding hydrogens is 491 g/mol. The van der Waals surface area contributed by atoms with Crippen molar-refractivity contribution in [3.05, 3.63) is 80.8 Å². The monoisotopic (exact) mass is 509 g/mol. The third kappa shape index (κ3) is 5.45. The molecule has 0 saturated carbocycles. The van der Waals surface area contributed by atoms with Gasteiger partial charge in [0.05, 0.1) is 11.3 Å². The number of nitrogens with two attached hydrogens (primary N) is 2. The van der Waals surface area contributed by atoms with Crippen LogP contribution in [0.4, 0.5) is 24.7 Å². The van der Waals surface area contributed by atoms with Crippen LogP contribution in [0.3, 0.4) is 0 Å². The Morgan fingerprint density at radius 1 is 1.19 bits per heavy atom. The Morgan fingerprint density at radius 3 is 2.53 bits per heavy atom. The van der Waals surface area contributed by atoms with Crippen molar-refractivity contribution >= 4 is 33.3 Å². The summed E-state index contributed by atoms with van der Waals surface area (Å²) in [4.78, 5) is 16.8. The summed E-state index contributed by atoms with van der Waals surface area (Å²) in [5, 5.41) is 6.03. The van der Waals surface area contributed by atoms with Crippen LogP contribution in [0.2, 0.25) is 0 Å². The largest absolute Gasteiger partial charge is 0.418 e. The van der Waals surface area contributed by atoms with E-state index in [0.29, 0.717) is 24.4 Å². The van der Waals surface area contributed by atoms with Gasteiger partial charge in [-0.2, -0.15) is 18.3 Å². The number of anilines is 2. The molecule has 0 fully saturated rings. The van der Waals surface area contributed by atoms with Crippen molar-refractivity contribution in [2.24, 2.45) is 16.8 Å². The standard InChI is InChI=1S/C20H19BrF3N7O/c21-13-4-7-16(15(11-13)20(22,23)24)28-18-19(32)31(10-9-27-18)14-5-1-12(2-6-14)3-8-17(29-25)30-26/h1-2,4-7,9-11H,3,8,25-26H2,(H,27,28)(H,29,30). The molecule has 1 heterocycles. The van der Waals surface area contributed by atoms with E-state index in [1.54, 1.807) is 12.1 Å². The Kier molecular flexibility index (Phi) is 7.15. The van der Waals surface area contributed by atoms with Crippen molar-refractivity contribution in [1.82, 2.24) is 15.0 Å². The minimum absolute atomic E-state index is 0.234. The highest BCUT2D eigenvalue weighted by Gasteiger charge is 2.34. The second-order valence-corrected chi connectivity index (χ2v) is 7.57. The molecule has 3 rings (SSSR count). The second kappa shape index (κ2) is 9.83. The third-order valence-corrected chi connectivity index (χ3v) is 5.06.